The Labute approximate surface area is 79.3 Å². The van der Waals surface area contributed by atoms with Crippen molar-refractivity contribution in [1.82, 2.24) is 0 Å². The molecule has 0 aromatic heterocycles. The number of likely N-dealkylation sites (N-methyl/N-ethyl adjacent to an activating group) is 1. The Morgan fingerprint density at radius 2 is 2.08 bits per heavy atom. The van der Waals surface area contributed by atoms with Crippen molar-refractivity contribution in [2.75, 3.05) is 30.8 Å². The third-order valence-corrected chi connectivity index (χ3v) is 2.22. The first-order valence-electron chi connectivity index (χ1n) is 4.43. The lowest BCUT2D eigenvalue weighted by Crippen LogP contribution is -2.25. The zero-order valence-corrected chi connectivity index (χ0v) is 8.25. The van der Waals surface area contributed by atoms with Gasteiger partial charge in [-0.3, -0.25) is 0 Å². The van der Waals surface area contributed by atoms with E-state index in [1.165, 1.54) is 0 Å². The molecule has 13 heavy (non-hydrogen) atoms. The van der Waals surface area contributed by atoms with Gasteiger partial charge in [0.25, 0.3) is 0 Å². The van der Waals surface area contributed by atoms with Crippen molar-refractivity contribution in [2.45, 2.75) is 6.92 Å². The minimum atomic E-state index is 0.657. The fraction of sp³-hybridized carbons (Fsp3) is 0.400. The highest BCUT2D eigenvalue weighted by molar-refractivity contribution is 5.63. The zero-order chi connectivity index (χ0) is 9.84. The first kappa shape index (κ1) is 9.86. The second kappa shape index (κ2) is 4.14. The predicted octanol–water partition coefficient (Wildman–Crippen LogP) is 0.972. The number of nitrogen functional groups attached to an aromatic ring is 1. The van der Waals surface area contributed by atoms with Gasteiger partial charge < -0.3 is 16.4 Å². The summed E-state index contributed by atoms with van der Waals surface area (Å²) in [7, 11) is 2.02. The first-order valence-corrected chi connectivity index (χ1v) is 4.43. The van der Waals surface area contributed by atoms with E-state index in [1.807, 2.05) is 26.1 Å². The molecule has 1 aromatic carbocycles. The van der Waals surface area contributed by atoms with Gasteiger partial charge in [0, 0.05) is 31.5 Å². The maximum absolute atomic E-state index is 5.80. The topological polar surface area (TPSA) is 55.3 Å². The molecule has 3 heteroatoms. The fourth-order valence-corrected chi connectivity index (χ4v) is 1.37. The number of rotatable bonds is 3. The van der Waals surface area contributed by atoms with Gasteiger partial charge in [-0.05, 0) is 24.6 Å². The number of hydrogen-bond acceptors (Lipinski definition) is 3. The fourth-order valence-electron chi connectivity index (χ4n) is 1.37. The highest BCUT2D eigenvalue weighted by Crippen LogP contribution is 2.23. The third-order valence-electron chi connectivity index (χ3n) is 2.22. The molecule has 0 radical (unpaired) electrons. The molecule has 3 nitrogen and oxygen atoms in total. The van der Waals surface area contributed by atoms with E-state index in [0.29, 0.717) is 6.54 Å². The maximum Gasteiger partial charge on any atom is 0.0414 e. The van der Waals surface area contributed by atoms with Crippen LogP contribution in [0.3, 0.4) is 0 Å². The van der Waals surface area contributed by atoms with Gasteiger partial charge in [-0.1, -0.05) is 6.07 Å². The lowest BCUT2D eigenvalue weighted by Gasteiger charge is -2.21. The molecule has 0 heterocycles. The number of anilines is 2. The van der Waals surface area contributed by atoms with Crippen LogP contribution in [0.15, 0.2) is 18.2 Å². The molecule has 0 spiro atoms. The van der Waals surface area contributed by atoms with E-state index in [2.05, 4.69) is 11.0 Å². The smallest absolute Gasteiger partial charge is 0.0414 e. The van der Waals surface area contributed by atoms with E-state index < -0.39 is 0 Å². The average Bonchev–Trinajstić information content (AvgIpc) is 2.10. The molecule has 0 aliphatic heterocycles. The van der Waals surface area contributed by atoms with Crippen molar-refractivity contribution in [3.8, 4) is 0 Å². The van der Waals surface area contributed by atoms with Crippen molar-refractivity contribution in [1.29, 1.82) is 0 Å². The summed E-state index contributed by atoms with van der Waals surface area (Å²) in [5.41, 5.74) is 14.4. The van der Waals surface area contributed by atoms with Gasteiger partial charge in [0.2, 0.25) is 0 Å². The molecule has 0 amide bonds. The summed E-state index contributed by atoms with van der Waals surface area (Å²) in [4.78, 5) is 2.12. The van der Waals surface area contributed by atoms with Crippen molar-refractivity contribution >= 4 is 11.4 Å². The minimum Gasteiger partial charge on any atom is -0.398 e. The summed E-state index contributed by atoms with van der Waals surface area (Å²) in [6, 6.07) is 5.93. The molecule has 0 saturated carbocycles. The molecule has 0 unspecified atom stereocenters. The highest BCUT2D eigenvalue weighted by atomic mass is 15.1. The number of hydrogen-bond donors (Lipinski definition) is 2. The van der Waals surface area contributed by atoms with Gasteiger partial charge >= 0.3 is 0 Å². The van der Waals surface area contributed by atoms with Gasteiger partial charge in [-0.2, -0.15) is 0 Å². The van der Waals surface area contributed by atoms with Crippen LogP contribution in [0.4, 0.5) is 11.4 Å². The molecular formula is C10H17N3. The van der Waals surface area contributed by atoms with Crippen LogP contribution >= 0.6 is 0 Å². The standard InChI is InChI=1S/C10H17N3/c1-8-9(12)4-3-5-10(8)13(2)7-6-11/h3-5H,6-7,11-12H2,1-2H3. The van der Waals surface area contributed by atoms with Crippen LogP contribution in [-0.4, -0.2) is 20.1 Å². The van der Waals surface area contributed by atoms with Gasteiger partial charge in [-0.25, -0.2) is 0 Å². The van der Waals surface area contributed by atoms with E-state index in [-0.39, 0.29) is 0 Å². The van der Waals surface area contributed by atoms with Gasteiger partial charge in [-0.15, -0.1) is 0 Å². The highest BCUT2D eigenvalue weighted by Gasteiger charge is 2.04. The lowest BCUT2D eigenvalue weighted by atomic mass is 10.1. The molecule has 72 valence electrons. The summed E-state index contributed by atoms with van der Waals surface area (Å²) < 4.78 is 0. The van der Waals surface area contributed by atoms with Crippen LogP contribution in [0, 0.1) is 6.92 Å². The van der Waals surface area contributed by atoms with Crippen LogP contribution < -0.4 is 16.4 Å². The Morgan fingerprint density at radius 3 is 2.69 bits per heavy atom. The predicted molar refractivity (Wildman–Crippen MR) is 57.9 cm³/mol. The summed E-state index contributed by atoms with van der Waals surface area (Å²) >= 11 is 0. The molecule has 1 aromatic rings. The second-order valence-electron chi connectivity index (χ2n) is 3.20. The van der Waals surface area contributed by atoms with E-state index in [0.717, 1.165) is 23.5 Å². The van der Waals surface area contributed by atoms with Gasteiger partial charge in [0.05, 0.1) is 0 Å². The van der Waals surface area contributed by atoms with Crippen LogP contribution in [0.25, 0.3) is 0 Å². The molecule has 0 saturated heterocycles. The largest absolute Gasteiger partial charge is 0.398 e. The Kier molecular flexibility index (Phi) is 3.14. The molecular weight excluding hydrogens is 162 g/mol. The molecule has 4 N–H and O–H groups in total. The normalized spacial score (nSPS) is 10.1. The lowest BCUT2D eigenvalue weighted by molar-refractivity contribution is 0.882. The zero-order valence-electron chi connectivity index (χ0n) is 8.25. The number of benzene rings is 1. The van der Waals surface area contributed by atoms with Crippen LogP contribution in [0.1, 0.15) is 5.56 Å². The molecule has 1 rings (SSSR count). The van der Waals surface area contributed by atoms with Crippen molar-refractivity contribution < 1.29 is 0 Å². The second-order valence-corrected chi connectivity index (χ2v) is 3.20. The van der Waals surface area contributed by atoms with Crippen molar-refractivity contribution in [2.24, 2.45) is 5.73 Å². The van der Waals surface area contributed by atoms with E-state index in [4.69, 9.17) is 11.5 Å². The number of nitrogens with two attached hydrogens (primary N) is 2. The Morgan fingerprint density at radius 1 is 1.38 bits per heavy atom. The monoisotopic (exact) mass is 179 g/mol. The van der Waals surface area contributed by atoms with Crippen molar-refractivity contribution in [3.05, 3.63) is 23.8 Å². The Balaban J connectivity index is 2.93. The number of nitrogens with zero attached hydrogens (tertiary/aromatic N) is 1. The van der Waals surface area contributed by atoms with E-state index in [1.54, 1.807) is 0 Å². The Hall–Kier alpha value is -1.22. The van der Waals surface area contributed by atoms with Gasteiger partial charge in [0.15, 0.2) is 0 Å². The molecule has 0 fully saturated rings. The first-order chi connectivity index (χ1) is 6.16. The summed E-state index contributed by atoms with van der Waals surface area (Å²) in [5, 5.41) is 0. The summed E-state index contributed by atoms with van der Waals surface area (Å²) in [6.07, 6.45) is 0. The van der Waals surface area contributed by atoms with Crippen molar-refractivity contribution in [3.63, 3.8) is 0 Å². The van der Waals surface area contributed by atoms with Gasteiger partial charge in [0.1, 0.15) is 0 Å². The van der Waals surface area contributed by atoms with Crippen LogP contribution in [0.5, 0.6) is 0 Å². The van der Waals surface area contributed by atoms with E-state index >= 15 is 0 Å². The third kappa shape index (κ3) is 2.12. The minimum absolute atomic E-state index is 0.657. The molecule has 0 bridgehead atoms. The van der Waals surface area contributed by atoms with E-state index in [9.17, 15) is 0 Å². The molecule has 0 aliphatic rings. The Bertz CT molecular complexity index is 283. The molecule has 0 atom stereocenters. The summed E-state index contributed by atoms with van der Waals surface area (Å²) in [6.45, 7) is 3.53. The molecule has 0 aliphatic carbocycles. The SMILES string of the molecule is Cc1c(N)cccc1N(C)CCN. The van der Waals surface area contributed by atoms with Crippen LogP contribution in [0.2, 0.25) is 0 Å². The average molecular weight is 179 g/mol. The quantitative estimate of drug-likeness (QED) is 0.680. The van der Waals surface area contributed by atoms with Crippen LogP contribution in [-0.2, 0) is 0 Å². The summed E-state index contributed by atoms with van der Waals surface area (Å²) in [5.74, 6) is 0. The maximum atomic E-state index is 5.80.